The van der Waals surface area contributed by atoms with Crippen LogP contribution in [0.5, 0.6) is 5.75 Å². The van der Waals surface area contributed by atoms with Crippen LogP contribution in [0.25, 0.3) is 28.3 Å². The molecular formula is C28H27FN4O2. The van der Waals surface area contributed by atoms with Crippen LogP contribution in [0, 0.1) is 5.82 Å². The topological polar surface area (TPSA) is 62.1 Å². The van der Waals surface area contributed by atoms with E-state index in [2.05, 4.69) is 47.1 Å². The number of rotatable bonds is 7. The summed E-state index contributed by atoms with van der Waals surface area (Å²) in [7, 11) is 0. The average molecular weight is 471 g/mol. The van der Waals surface area contributed by atoms with Crippen molar-refractivity contribution >= 4 is 5.57 Å². The molecule has 0 radical (unpaired) electrons. The second kappa shape index (κ2) is 10.1. The van der Waals surface area contributed by atoms with Crippen molar-refractivity contribution in [3.05, 3.63) is 89.7 Å². The molecule has 3 aliphatic rings. The first-order valence-corrected chi connectivity index (χ1v) is 11.8. The van der Waals surface area contributed by atoms with Crippen molar-refractivity contribution in [2.24, 2.45) is 0 Å². The van der Waals surface area contributed by atoms with E-state index in [0.717, 1.165) is 35.5 Å². The van der Waals surface area contributed by atoms with E-state index in [4.69, 9.17) is 9.47 Å². The zero-order valence-electron chi connectivity index (χ0n) is 19.9. The molecular weight excluding hydrogens is 443 g/mol. The van der Waals surface area contributed by atoms with Crippen LogP contribution in [-0.2, 0) is 11.3 Å². The molecule has 0 saturated heterocycles. The van der Waals surface area contributed by atoms with Gasteiger partial charge in [0.1, 0.15) is 28.7 Å². The Morgan fingerprint density at radius 1 is 1.09 bits per heavy atom. The maximum absolute atomic E-state index is 14.2. The van der Waals surface area contributed by atoms with Gasteiger partial charge in [0.15, 0.2) is 5.82 Å². The number of halogens is 1. The lowest BCUT2D eigenvalue weighted by atomic mass is 9.98. The van der Waals surface area contributed by atoms with Crippen molar-refractivity contribution in [1.29, 1.82) is 0 Å². The number of hydrogen-bond donors (Lipinski definition) is 0. The van der Waals surface area contributed by atoms with Crippen LogP contribution in [0.4, 0.5) is 4.39 Å². The highest BCUT2D eigenvalue weighted by Crippen LogP contribution is 2.30. The number of fused-ring (bicyclic) bond motifs is 1. The predicted molar refractivity (Wildman–Crippen MR) is 133 cm³/mol. The zero-order chi connectivity index (χ0) is 24.2. The minimum Gasteiger partial charge on any atom is -0.496 e. The monoisotopic (exact) mass is 470 g/mol. The molecule has 0 aliphatic carbocycles. The van der Waals surface area contributed by atoms with Gasteiger partial charge in [-0.05, 0) is 54.8 Å². The van der Waals surface area contributed by atoms with Crippen LogP contribution in [-0.4, -0.2) is 33.0 Å². The summed E-state index contributed by atoms with van der Waals surface area (Å²) in [6.45, 7) is 5.97. The van der Waals surface area contributed by atoms with Crippen LogP contribution < -0.4 is 4.74 Å². The van der Waals surface area contributed by atoms with Gasteiger partial charge in [0, 0.05) is 6.42 Å². The summed E-state index contributed by atoms with van der Waals surface area (Å²) in [6, 6.07) is 14.7. The fraction of sp³-hybridized carbons (Fsp3) is 0.250. The number of benzene rings is 2. The first kappa shape index (κ1) is 22.8. The highest BCUT2D eigenvalue weighted by molar-refractivity contribution is 5.77. The lowest BCUT2D eigenvalue weighted by molar-refractivity contribution is 0.200. The van der Waals surface area contributed by atoms with E-state index >= 15 is 0 Å². The zero-order valence-corrected chi connectivity index (χ0v) is 19.9. The Hall–Kier alpha value is -4.00. The van der Waals surface area contributed by atoms with Crippen molar-refractivity contribution in [3.8, 4) is 28.5 Å². The summed E-state index contributed by atoms with van der Waals surface area (Å²) >= 11 is 0. The standard InChI is InChI=1S/C28H27FN4O2/c1-3-12-34-21-8-6-7-20(14-21)24-15-22(35-13-11-19(24)2)17-33-18-27-26(16-30-33)31-28(32-27)23-9-4-5-10-25(23)29/h4-10,14-16,18H,3,11-13,17H2,1-2H3. The van der Waals surface area contributed by atoms with Crippen molar-refractivity contribution in [2.75, 3.05) is 13.2 Å². The molecule has 0 bridgehead atoms. The van der Waals surface area contributed by atoms with Crippen molar-refractivity contribution in [2.45, 2.75) is 33.2 Å². The second-order valence-corrected chi connectivity index (χ2v) is 8.55. The third-order valence-corrected chi connectivity index (χ3v) is 5.89. The Bertz CT molecular complexity index is 1370. The molecule has 5 rings (SSSR count). The molecule has 3 aliphatic heterocycles. The van der Waals surface area contributed by atoms with Crippen LogP contribution in [0.3, 0.4) is 0 Å². The molecule has 3 heterocycles. The van der Waals surface area contributed by atoms with Crippen molar-refractivity contribution < 1.29 is 13.9 Å². The first-order valence-electron chi connectivity index (χ1n) is 11.8. The summed E-state index contributed by atoms with van der Waals surface area (Å²) < 4.78 is 27.9. The summed E-state index contributed by atoms with van der Waals surface area (Å²) in [6.07, 6.45) is 7.36. The molecule has 0 spiro atoms. The number of nitrogens with zero attached hydrogens (tertiary/aromatic N) is 4. The Labute approximate surface area is 204 Å². The summed E-state index contributed by atoms with van der Waals surface area (Å²) in [5.41, 5.74) is 5.15. The lowest BCUT2D eigenvalue weighted by Crippen LogP contribution is -2.09. The smallest absolute Gasteiger partial charge is 0.163 e. The SMILES string of the molecule is CCCOc1cccc(C2=C(C)CCOC(Cn3cc4nc(-c5ccccc5F)nc-4cn3)=C2)c1. The number of allylic oxidation sites excluding steroid dienone is 3. The number of hydrogen-bond acceptors (Lipinski definition) is 5. The number of imidazole rings is 1. The van der Waals surface area contributed by atoms with Crippen LogP contribution >= 0.6 is 0 Å². The quantitative estimate of drug-likeness (QED) is 0.324. The molecule has 0 atom stereocenters. The van der Waals surface area contributed by atoms with Gasteiger partial charge in [0.2, 0.25) is 0 Å². The van der Waals surface area contributed by atoms with Gasteiger partial charge < -0.3 is 9.47 Å². The van der Waals surface area contributed by atoms with Gasteiger partial charge >= 0.3 is 0 Å². The van der Waals surface area contributed by atoms with Gasteiger partial charge in [-0.2, -0.15) is 5.10 Å². The van der Waals surface area contributed by atoms with E-state index in [9.17, 15) is 4.39 Å². The van der Waals surface area contributed by atoms with Crippen LogP contribution in [0.15, 0.2) is 78.3 Å². The Morgan fingerprint density at radius 3 is 2.80 bits per heavy atom. The largest absolute Gasteiger partial charge is 0.496 e. The van der Waals surface area contributed by atoms with Gasteiger partial charge in [-0.15, -0.1) is 0 Å². The molecule has 7 heteroatoms. The Morgan fingerprint density at radius 2 is 1.94 bits per heavy atom. The normalized spacial score (nSPS) is 14.0. The van der Waals surface area contributed by atoms with E-state index in [1.165, 1.54) is 11.6 Å². The van der Waals surface area contributed by atoms with Crippen molar-refractivity contribution in [3.63, 3.8) is 0 Å². The van der Waals surface area contributed by atoms with E-state index in [1.54, 1.807) is 29.1 Å². The third-order valence-electron chi connectivity index (χ3n) is 5.89. The van der Waals surface area contributed by atoms with E-state index in [-0.39, 0.29) is 5.82 Å². The molecule has 0 saturated carbocycles. The Kier molecular flexibility index (Phi) is 6.57. The summed E-state index contributed by atoms with van der Waals surface area (Å²) in [5, 5.41) is 4.49. The highest BCUT2D eigenvalue weighted by atomic mass is 19.1. The minimum absolute atomic E-state index is 0.348. The lowest BCUT2D eigenvalue weighted by Gasteiger charge is -2.12. The fourth-order valence-electron chi connectivity index (χ4n) is 4.06. The molecule has 0 fully saturated rings. The molecule has 0 amide bonds. The average Bonchev–Trinajstić information content (AvgIpc) is 3.20. The maximum atomic E-state index is 14.2. The van der Waals surface area contributed by atoms with Gasteiger partial charge in [-0.3, -0.25) is 4.68 Å². The molecule has 2 aromatic rings. The molecule has 0 N–H and O–H groups in total. The number of aromatic nitrogens is 4. The fourth-order valence-corrected chi connectivity index (χ4v) is 4.06. The molecule has 6 nitrogen and oxygen atoms in total. The molecule has 0 aromatic heterocycles. The summed E-state index contributed by atoms with van der Waals surface area (Å²) in [4.78, 5) is 8.98. The van der Waals surface area contributed by atoms with Crippen LogP contribution in [0.2, 0.25) is 0 Å². The van der Waals surface area contributed by atoms with Crippen molar-refractivity contribution in [1.82, 2.24) is 19.7 Å². The molecule has 2 aromatic carbocycles. The maximum Gasteiger partial charge on any atom is 0.163 e. The first-order chi connectivity index (χ1) is 17.1. The third kappa shape index (κ3) is 5.09. The van der Waals surface area contributed by atoms with E-state index in [1.807, 2.05) is 18.3 Å². The van der Waals surface area contributed by atoms with E-state index < -0.39 is 0 Å². The second-order valence-electron chi connectivity index (χ2n) is 8.55. The molecule has 35 heavy (non-hydrogen) atoms. The van der Waals surface area contributed by atoms with Gasteiger partial charge in [-0.25, -0.2) is 14.4 Å². The molecule has 0 unspecified atom stereocenters. The molecule has 178 valence electrons. The summed E-state index contributed by atoms with van der Waals surface area (Å²) in [5.74, 6) is 1.68. The highest BCUT2D eigenvalue weighted by Gasteiger charge is 2.17. The Balaban J connectivity index is 1.42. The number of ether oxygens (including phenoxy) is 2. The minimum atomic E-state index is -0.348. The predicted octanol–water partition coefficient (Wildman–Crippen LogP) is 6.15. The van der Waals surface area contributed by atoms with Crippen LogP contribution in [0.1, 0.15) is 32.3 Å². The van der Waals surface area contributed by atoms with Gasteiger partial charge in [0.25, 0.3) is 0 Å². The van der Waals surface area contributed by atoms with E-state index in [0.29, 0.717) is 42.5 Å². The van der Waals surface area contributed by atoms with Gasteiger partial charge in [0.05, 0.1) is 37.7 Å². The van der Waals surface area contributed by atoms with Gasteiger partial charge in [-0.1, -0.05) is 36.8 Å².